The zero-order chi connectivity index (χ0) is 10.8. The molecule has 2 rings (SSSR count). The second kappa shape index (κ2) is 4.50. The molecular weight excluding hydrogens is 213 g/mol. The second-order valence-corrected chi connectivity index (χ2v) is 4.68. The van der Waals surface area contributed by atoms with Crippen LogP contribution in [0.25, 0.3) is 0 Å². The Morgan fingerprint density at radius 2 is 2.00 bits per heavy atom. The number of piperidine rings is 1. The molecular formula is C12H15ClFN. The summed E-state index contributed by atoms with van der Waals surface area (Å²) in [7, 11) is 2.11. The summed E-state index contributed by atoms with van der Waals surface area (Å²) in [4.78, 5) is 2.28. The van der Waals surface area contributed by atoms with Crippen LogP contribution in [0.15, 0.2) is 18.2 Å². The van der Waals surface area contributed by atoms with Crippen molar-refractivity contribution in [3.8, 4) is 0 Å². The van der Waals surface area contributed by atoms with E-state index in [9.17, 15) is 4.39 Å². The molecule has 1 aromatic rings. The Bertz CT molecular complexity index is 345. The van der Waals surface area contributed by atoms with E-state index < -0.39 is 0 Å². The number of hydrogen-bond donors (Lipinski definition) is 0. The van der Waals surface area contributed by atoms with Crippen molar-refractivity contribution in [2.24, 2.45) is 0 Å². The molecule has 1 nitrogen and oxygen atoms in total. The third-order valence-electron chi connectivity index (χ3n) is 3.12. The van der Waals surface area contributed by atoms with Gasteiger partial charge in [-0.05, 0) is 56.6 Å². The number of benzene rings is 1. The zero-order valence-corrected chi connectivity index (χ0v) is 9.60. The second-order valence-electron chi connectivity index (χ2n) is 4.24. The van der Waals surface area contributed by atoms with Crippen LogP contribution in [0.4, 0.5) is 4.39 Å². The summed E-state index contributed by atoms with van der Waals surface area (Å²) < 4.78 is 13.6. The smallest absolute Gasteiger partial charge is 0.128 e. The van der Waals surface area contributed by atoms with Crippen LogP contribution in [0.5, 0.6) is 0 Å². The van der Waals surface area contributed by atoms with Crippen LogP contribution in [0.1, 0.15) is 24.3 Å². The van der Waals surface area contributed by atoms with Crippen molar-refractivity contribution in [2.45, 2.75) is 18.8 Å². The van der Waals surface area contributed by atoms with Crippen LogP contribution in [-0.2, 0) is 0 Å². The molecule has 0 saturated carbocycles. The molecule has 0 unspecified atom stereocenters. The van der Waals surface area contributed by atoms with Crippen LogP contribution in [0.2, 0.25) is 5.02 Å². The van der Waals surface area contributed by atoms with E-state index in [1.807, 2.05) is 6.07 Å². The summed E-state index contributed by atoms with van der Waals surface area (Å²) in [5.74, 6) is 0.204. The van der Waals surface area contributed by atoms with E-state index >= 15 is 0 Å². The minimum Gasteiger partial charge on any atom is -0.306 e. The van der Waals surface area contributed by atoms with E-state index in [0.29, 0.717) is 10.9 Å². The Labute approximate surface area is 94.8 Å². The van der Waals surface area contributed by atoms with Crippen molar-refractivity contribution in [2.75, 3.05) is 20.1 Å². The lowest BCUT2D eigenvalue weighted by atomic mass is 9.89. The third kappa shape index (κ3) is 2.50. The SMILES string of the molecule is CN1CCC(c2ccc(Cl)cc2F)CC1. The number of hydrogen-bond acceptors (Lipinski definition) is 1. The molecule has 0 aliphatic carbocycles. The van der Waals surface area contributed by atoms with Crippen molar-refractivity contribution < 1.29 is 4.39 Å². The highest BCUT2D eigenvalue weighted by molar-refractivity contribution is 6.30. The molecule has 15 heavy (non-hydrogen) atoms. The van der Waals surface area contributed by atoms with Gasteiger partial charge in [-0.15, -0.1) is 0 Å². The molecule has 1 aromatic carbocycles. The van der Waals surface area contributed by atoms with Crippen molar-refractivity contribution in [1.29, 1.82) is 0 Å². The lowest BCUT2D eigenvalue weighted by molar-refractivity contribution is 0.253. The van der Waals surface area contributed by atoms with Crippen LogP contribution in [0, 0.1) is 5.82 Å². The fraction of sp³-hybridized carbons (Fsp3) is 0.500. The largest absolute Gasteiger partial charge is 0.306 e. The molecule has 1 fully saturated rings. The highest BCUT2D eigenvalue weighted by atomic mass is 35.5. The third-order valence-corrected chi connectivity index (χ3v) is 3.36. The molecule has 0 radical (unpaired) electrons. The molecule has 0 bridgehead atoms. The minimum absolute atomic E-state index is 0.156. The predicted octanol–water partition coefficient (Wildman–Crippen LogP) is 3.29. The van der Waals surface area contributed by atoms with E-state index in [0.717, 1.165) is 31.5 Å². The molecule has 3 heteroatoms. The fourth-order valence-corrected chi connectivity index (χ4v) is 2.31. The van der Waals surface area contributed by atoms with Crippen LogP contribution < -0.4 is 0 Å². The van der Waals surface area contributed by atoms with Gasteiger partial charge in [-0.1, -0.05) is 17.7 Å². The van der Waals surface area contributed by atoms with Gasteiger partial charge in [0.2, 0.25) is 0 Å². The molecule has 0 N–H and O–H groups in total. The van der Waals surface area contributed by atoms with Gasteiger partial charge in [-0.2, -0.15) is 0 Å². The molecule has 0 atom stereocenters. The first kappa shape index (κ1) is 10.9. The molecule has 1 aliphatic rings. The van der Waals surface area contributed by atoms with Crippen molar-refractivity contribution in [3.05, 3.63) is 34.6 Å². The number of halogens is 2. The normalized spacial score (nSPS) is 19.4. The molecule has 0 aromatic heterocycles. The summed E-state index contributed by atoms with van der Waals surface area (Å²) in [5.41, 5.74) is 0.826. The molecule has 1 heterocycles. The van der Waals surface area contributed by atoms with Gasteiger partial charge in [0.05, 0.1) is 0 Å². The molecule has 1 saturated heterocycles. The van der Waals surface area contributed by atoms with Crippen LogP contribution >= 0.6 is 11.6 Å². The Morgan fingerprint density at radius 1 is 1.33 bits per heavy atom. The number of nitrogens with zero attached hydrogens (tertiary/aromatic N) is 1. The first-order valence-electron chi connectivity index (χ1n) is 5.30. The lowest BCUT2D eigenvalue weighted by Gasteiger charge is -2.29. The quantitative estimate of drug-likeness (QED) is 0.712. The topological polar surface area (TPSA) is 3.24 Å². The lowest BCUT2D eigenvalue weighted by Crippen LogP contribution is -2.29. The average Bonchev–Trinajstić information content (AvgIpc) is 2.20. The maximum atomic E-state index is 13.6. The van der Waals surface area contributed by atoms with Gasteiger partial charge >= 0.3 is 0 Å². The Balaban J connectivity index is 2.15. The predicted molar refractivity (Wildman–Crippen MR) is 60.9 cm³/mol. The van der Waals surface area contributed by atoms with E-state index in [4.69, 9.17) is 11.6 Å². The minimum atomic E-state index is -0.156. The molecule has 1 aliphatic heterocycles. The van der Waals surface area contributed by atoms with Crippen molar-refractivity contribution in [1.82, 2.24) is 4.90 Å². The van der Waals surface area contributed by atoms with E-state index in [1.165, 1.54) is 6.07 Å². The Morgan fingerprint density at radius 3 is 2.60 bits per heavy atom. The maximum Gasteiger partial charge on any atom is 0.128 e. The summed E-state index contributed by atoms with van der Waals surface area (Å²) >= 11 is 5.73. The summed E-state index contributed by atoms with van der Waals surface area (Å²) in [6, 6.07) is 5.02. The van der Waals surface area contributed by atoms with Crippen LogP contribution in [-0.4, -0.2) is 25.0 Å². The molecule has 0 spiro atoms. The van der Waals surface area contributed by atoms with Gasteiger partial charge < -0.3 is 4.90 Å². The Kier molecular flexibility index (Phi) is 3.27. The van der Waals surface area contributed by atoms with Gasteiger partial charge in [0, 0.05) is 5.02 Å². The first-order valence-corrected chi connectivity index (χ1v) is 5.68. The van der Waals surface area contributed by atoms with Gasteiger partial charge in [0.15, 0.2) is 0 Å². The highest BCUT2D eigenvalue weighted by Gasteiger charge is 2.20. The highest BCUT2D eigenvalue weighted by Crippen LogP contribution is 2.30. The van der Waals surface area contributed by atoms with E-state index in [2.05, 4.69) is 11.9 Å². The number of rotatable bonds is 1. The number of likely N-dealkylation sites (tertiary alicyclic amines) is 1. The van der Waals surface area contributed by atoms with E-state index in [1.54, 1.807) is 6.07 Å². The average molecular weight is 228 g/mol. The fourth-order valence-electron chi connectivity index (χ4n) is 2.15. The van der Waals surface area contributed by atoms with Gasteiger partial charge in [-0.3, -0.25) is 0 Å². The van der Waals surface area contributed by atoms with Crippen molar-refractivity contribution >= 4 is 11.6 Å². The van der Waals surface area contributed by atoms with Crippen molar-refractivity contribution in [3.63, 3.8) is 0 Å². The molecule has 0 amide bonds. The zero-order valence-electron chi connectivity index (χ0n) is 8.84. The Hall–Kier alpha value is -0.600. The van der Waals surface area contributed by atoms with Gasteiger partial charge in [-0.25, -0.2) is 4.39 Å². The molecule has 82 valence electrons. The maximum absolute atomic E-state index is 13.6. The first-order chi connectivity index (χ1) is 7.16. The monoisotopic (exact) mass is 227 g/mol. The summed E-state index contributed by atoms with van der Waals surface area (Å²) in [5, 5.41) is 0.476. The summed E-state index contributed by atoms with van der Waals surface area (Å²) in [6.45, 7) is 2.10. The summed E-state index contributed by atoms with van der Waals surface area (Å²) in [6.07, 6.45) is 2.07. The van der Waals surface area contributed by atoms with E-state index in [-0.39, 0.29) is 5.82 Å². The van der Waals surface area contributed by atoms with Gasteiger partial charge in [0.25, 0.3) is 0 Å². The standard InChI is InChI=1S/C12H15ClFN/c1-15-6-4-9(5-7-15)11-3-2-10(13)8-12(11)14/h2-3,8-9H,4-7H2,1H3. The van der Waals surface area contributed by atoms with Crippen LogP contribution in [0.3, 0.4) is 0 Å². The van der Waals surface area contributed by atoms with Gasteiger partial charge in [0.1, 0.15) is 5.82 Å².